The van der Waals surface area contributed by atoms with Crippen molar-refractivity contribution in [1.29, 1.82) is 0 Å². The molecule has 0 bridgehead atoms. The number of Topliss-reactive ketones (excluding diaryl/α,β-unsaturated/α-hetero) is 1. The Hall–Kier alpha value is -3.84. The molecule has 3 N–H and O–H groups in total. The fourth-order valence-electron chi connectivity index (χ4n) is 4.06. The summed E-state index contributed by atoms with van der Waals surface area (Å²) in [4.78, 5) is 47.2. The van der Waals surface area contributed by atoms with E-state index in [0.29, 0.717) is 16.9 Å². The minimum atomic E-state index is -4.29. The molecule has 2 heterocycles. The third-order valence-electron chi connectivity index (χ3n) is 5.94. The Bertz CT molecular complexity index is 1450. The fraction of sp³-hybridized carbons (Fsp3) is 0.292. The number of aromatic nitrogens is 2. The summed E-state index contributed by atoms with van der Waals surface area (Å²) in [6.45, 7) is 0. The smallest absolute Gasteiger partial charge is 0.356 e. The number of nitrogens with zero attached hydrogens (tertiary/aromatic N) is 3. The van der Waals surface area contributed by atoms with Crippen molar-refractivity contribution in [1.82, 2.24) is 9.97 Å². The molecule has 1 fully saturated rings. The van der Waals surface area contributed by atoms with Crippen molar-refractivity contribution < 1.29 is 27.9 Å². The Labute approximate surface area is 217 Å². The lowest BCUT2D eigenvalue weighted by atomic mass is 9.94. The van der Waals surface area contributed by atoms with Gasteiger partial charge in [0.2, 0.25) is 9.84 Å². The SMILES string of the molecule is CN(C)c1ccc(NC(=O)Nc2nc(C(=O)O)c(S(=O)(=O)c3ccccn3)s2)c(C(=O)C2CCCC2)c1. The third kappa shape index (κ3) is 5.62. The van der Waals surface area contributed by atoms with Gasteiger partial charge in [-0.1, -0.05) is 30.2 Å². The van der Waals surface area contributed by atoms with Crippen molar-refractivity contribution in [3.63, 3.8) is 0 Å². The van der Waals surface area contributed by atoms with Crippen LogP contribution in [-0.4, -0.2) is 55.4 Å². The van der Waals surface area contributed by atoms with Gasteiger partial charge >= 0.3 is 12.0 Å². The summed E-state index contributed by atoms with van der Waals surface area (Å²) in [5.41, 5.74) is 0.731. The van der Waals surface area contributed by atoms with Crippen LogP contribution in [0, 0.1) is 5.92 Å². The Morgan fingerprint density at radius 2 is 1.81 bits per heavy atom. The number of hydrogen-bond acceptors (Lipinski definition) is 9. The van der Waals surface area contributed by atoms with E-state index in [1.807, 2.05) is 19.0 Å². The van der Waals surface area contributed by atoms with Gasteiger partial charge in [-0.05, 0) is 43.2 Å². The number of carbonyl (C=O) groups excluding carboxylic acids is 2. The number of ketones is 1. The van der Waals surface area contributed by atoms with E-state index in [2.05, 4.69) is 20.6 Å². The molecule has 1 aromatic carbocycles. The van der Waals surface area contributed by atoms with E-state index in [1.165, 1.54) is 24.4 Å². The summed E-state index contributed by atoms with van der Waals surface area (Å²) in [7, 11) is -0.595. The first-order valence-corrected chi connectivity index (χ1v) is 13.7. The van der Waals surface area contributed by atoms with Crippen LogP contribution in [0.1, 0.15) is 46.5 Å². The van der Waals surface area contributed by atoms with Crippen molar-refractivity contribution >= 4 is 55.5 Å². The second-order valence-electron chi connectivity index (χ2n) is 8.68. The largest absolute Gasteiger partial charge is 0.476 e. The van der Waals surface area contributed by atoms with E-state index in [9.17, 15) is 27.9 Å². The molecule has 0 spiro atoms. The van der Waals surface area contributed by atoms with Crippen molar-refractivity contribution in [3.8, 4) is 0 Å². The van der Waals surface area contributed by atoms with Crippen LogP contribution < -0.4 is 15.5 Å². The van der Waals surface area contributed by atoms with Gasteiger partial charge in [0.1, 0.15) is 0 Å². The number of carboxylic acids is 1. The number of nitrogens with one attached hydrogen (secondary N) is 2. The number of hydrogen-bond donors (Lipinski definition) is 3. The molecule has 3 aromatic rings. The predicted molar refractivity (Wildman–Crippen MR) is 138 cm³/mol. The predicted octanol–water partition coefficient (Wildman–Crippen LogP) is 4.15. The molecule has 194 valence electrons. The number of pyridine rings is 1. The molecular weight excluding hydrogens is 518 g/mol. The normalized spacial score (nSPS) is 13.8. The van der Waals surface area contributed by atoms with Gasteiger partial charge in [0.15, 0.2) is 25.8 Å². The van der Waals surface area contributed by atoms with Gasteiger partial charge in [0.25, 0.3) is 0 Å². The first kappa shape index (κ1) is 26.2. The molecule has 0 unspecified atom stereocenters. The zero-order valence-corrected chi connectivity index (χ0v) is 21.7. The zero-order chi connectivity index (χ0) is 26.7. The zero-order valence-electron chi connectivity index (χ0n) is 20.1. The second-order valence-corrected chi connectivity index (χ2v) is 11.8. The van der Waals surface area contributed by atoms with Gasteiger partial charge in [-0.3, -0.25) is 10.1 Å². The van der Waals surface area contributed by atoms with Crippen LogP contribution in [0.4, 0.5) is 21.3 Å². The Kier molecular flexibility index (Phi) is 7.55. The Morgan fingerprint density at radius 3 is 2.43 bits per heavy atom. The van der Waals surface area contributed by atoms with Crippen LogP contribution in [0.3, 0.4) is 0 Å². The molecule has 0 radical (unpaired) electrons. The summed E-state index contributed by atoms with van der Waals surface area (Å²) < 4.78 is 25.4. The lowest BCUT2D eigenvalue weighted by molar-refractivity contribution is 0.0687. The van der Waals surface area contributed by atoms with Gasteiger partial charge in [0, 0.05) is 37.5 Å². The first-order valence-electron chi connectivity index (χ1n) is 11.4. The van der Waals surface area contributed by atoms with Crippen LogP contribution >= 0.6 is 11.3 Å². The molecule has 1 aliphatic rings. The van der Waals surface area contributed by atoms with Crippen molar-refractivity contribution in [3.05, 3.63) is 53.9 Å². The molecule has 2 aromatic heterocycles. The van der Waals surface area contributed by atoms with E-state index in [-0.39, 0.29) is 27.5 Å². The van der Waals surface area contributed by atoms with Gasteiger partial charge in [0.05, 0.1) is 5.69 Å². The lowest BCUT2D eigenvalue weighted by Crippen LogP contribution is -2.22. The summed E-state index contributed by atoms with van der Waals surface area (Å²) in [5.74, 6) is -1.73. The molecule has 13 heteroatoms. The molecule has 0 aliphatic heterocycles. The van der Waals surface area contributed by atoms with Crippen molar-refractivity contribution in [2.24, 2.45) is 5.92 Å². The minimum absolute atomic E-state index is 0.0531. The van der Waals surface area contributed by atoms with E-state index in [4.69, 9.17) is 0 Å². The quantitative estimate of drug-likeness (QED) is 0.355. The van der Waals surface area contributed by atoms with Gasteiger partial charge in [-0.25, -0.2) is 28.0 Å². The number of amides is 2. The first-order chi connectivity index (χ1) is 17.6. The Morgan fingerprint density at radius 1 is 1.08 bits per heavy atom. The molecule has 37 heavy (non-hydrogen) atoms. The number of thiazole rings is 1. The van der Waals surface area contributed by atoms with Gasteiger partial charge in [-0.15, -0.1) is 0 Å². The van der Waals surface area contributed by atoms with Crippen LogP contribution in [0.5, 0.6) is 0 Å². The van der Waals surface area contributed by atoms with Crippen LogP contribution in [0.15, 0.2) is 51.8 Å². The molecule has 0 saturated heterocycles. The molecule has 2 amide bonds. The molecule has 1 saturated carbocycles. The minimum Gasteiger partial charge on any atom is -0.476 e. The summed E-state index contributed by atoms with van der Waals surface area (Å²) in [6, 6.07) is 8.52. The van der Waals surface area contributed by atoms with Crippen molar-refractivity contribution in [2.75, 3.05) is 29.6 Å². The summed E-state index contributed by atoms with van der Waals surface area (Å²) in [5, 5.41) is 14.0. The molecule has 11 nitrogen and oxygen atoms in total. The van der Waals surface area contributed by atoms with E-state index in [0.717, 1.165) is 31.4 Å². The van der Waals surface area contributed by atoms with Crippen LogP contribution in [0.25, 0.3) is 0 Å². The second kappa shape index (κ2) is 10.6. The molecule has 0 atom stereocenters. The number of carboxylic acid groups (broad SMARTS) is 1. The van der Waals surface area contributed by atoms with E-state index >= 15 is 0 Å². The number of sulfone groups is 1. The molecular formula is C24H25N5O6S2. The maximum Gasteiger partial charge on any atom is 0.356 e. The number of carbonyl (C=O) groups is 3. The standard InChI is InChI=1S/C24H25N5O6S2/c1-29(2)15-10-11-17(16(13-15)20(30)14-7-3-4-8-14)26-23(33)28-24-27-19(21(31)32)22(36-24)37(34,35)18-9-5-6-12-25-18/h5-6,9-14H,3-4,7-8H2,1-2H3,(H,31,32)(H2,26,27,28,33). The van der Waals surface area contributed by atoms with Crippen molar-refractivity contribution in [2.45, 2.75) is 34.9 Å². The number of urea groups is 1. The monoisotopic (exact) mass is 543 g/mol. The van der Waals surface area contributed by atoms with E-state index < -0.39 is 31.7 Å². The third-order valence-corrected chi connectivity index (χ3v) is 9.08. The van der Waals surface area contributed by atoms with Gasteiger partial charge < -0.3 is 15.3 Å². The highest BCUT2D eigenvalue weighted by Gasteiger charge is 2.31. The van der Waals surface area contributed by atoms with Gasteiger partial charge in [-0.2, -0.15) is 0 Å². The fourth-order valence-corrected chi connectivity index (χ4v) is 6.71. The Balaban J connectivity index is 1.60. The highest BCUT2D eigenvalue weighted by atomic mass is 32.2. The maximum absolute atomic E-state index is 13.2. The highest BCUT2D eigenvalue weighted by molar-refractivity contribution is 7.93. The number of rotatable bonds is 8. The summed E-state index contributed by atoms with van der Waals surface area (Å²) in [6.07, 6.45) is 4.81. The molecule has 1 aliphatic carbocycles. The molecule has 4 rings (SSSR count). The van der Waals surface area contributed by atoms with E-state index in [1.54, 1.807) is 18.2 Å². The van der Waals surface area contributed by atoms with Crippen LogP contribution in [0.2, 0.25) is 0 Å². The average Bonchev–Trinajstić information content (AvgIpc) is 3.55. The summed E-state index contributed by atoms with van der Waals surface area (Å²) >= 11 is 0.500. The maximum atomic E-state index is 13.2. The lowest BCUT2D eigenvalue weighted by Gasteiger charge is -2.18. The average molecular weight is 544 g/mol. The number of benzene rings is 1. The highest BCUT2D eigenvalue weighted by Crippen LogP contribution is 2.34. The topological polar surface area (TPSA) is 159 Å². The number of anilines is 3. The number of aromatic carboxylic acids is 1. The van der Waals surface area contributed by atoms with Crippen LogP contribution in [-0.2, 0) is 9.84 Å².